The summed E-state index contributed by atoms with van der Waals surface area (Å²) < 4.78 is 8.33. The van der Waals surface area contributed by atoms with Gasteiger partial charge in [-0.1, -0.05) is 52.3 Å². The van der Waals surface area contributed by atoms with Crippen molar-refractivity contribution in [2.24, 2.45) is 7.05 Å². The van der Waals surface area contributed by atoms with Crippen LogP contribution in [-0.4, -0.2) is 50.0 Å². The van der Waals surface area contributed by atoms with Crippen LogP contribution in [0.4, 0.5) is 9.59 Å². The number of carbonyl (C=O) groups excluding carboxylic acids is 1. The van der Waals surface area contributed by atoms with E-state index in [0.717, 1.165) is 29.4 Å². The van der Waals surface area contributed by atoms with Crippen LogP contribution in [0.15, 0.2) is 29.2 Å². The van der Waals surface area contributed by atoms with Crippen molar-refractivity contribution in [1.29, 1.82) is 0 Å². The van der Waals surface area contributed by atoms with Crippen LogP contribution in [0.5, 0.6) is 0 Å². The second-order valence-corrected chi connectivity index (χ2v) is 13.9. The zero-order valence-electron chi connectivity index (χ0n) is 25.6. The first-order valence-corrected chi connectivity index (χ1v) is 14.6. The maximum Gasteiger partial charge on any atom is 0.416 e. The number of nitrogens with zero attached hydrogens (tertiary/aromatic N) is 3. The Bertz CT molecular complexity index is 1540. The third-order valence-corrected chi connectivity index (χ3v) is 7.99. The Morgan fingerprint density at radius 2 is 1.68 bits per heavy atom. The van der Waals surface area contributed by atoms with Crippen LogP contribution in [-0.2, 0) is 17.2 Å². The number of halogens is 1. The number of fused-ring (bicyclic) bond motifs is 1. The van der Waals surface area contributed by atoms with Crippen molar-refractivity contribution in [2.75, 3.05) is 13.1 Å². The highest BCUT2D eigenvalue weighted by molar-refractivity contribution is 6.30. The van der Waals surface area contributed by atoms with E-state index in [4.69, 9.17) is 16.3 Å². The number of carboxylic acid groups (broad SMARTS) is 1. The molecule has 1 amide bonds. The summed E-state index contributed by atoms with van der Waals surface area (Å²) in [5.41, 5.74) is 3.75. The van der Waals surface area contributed by atoms with Crippen molar-refractivity contribution in [3.05, 3.63) is 56.5 Å². The van der Waals surface area contributed by atoms with Gasteiger partial charge in [0.15, 0.2) is 0 Å². The van der Waals surface area contributed by atoms with E-state index in [1.807, 2.05) is 26.8 Å². The van der Waals surface area contributed by atoms with E-state index < -0.39 is 11.7 Å². The van der Waals surface area contributed by atoms with E-state index >= 15 is 0 Å². The summed E-state index contributed by atoms with van der Waals surface area (Å²) in [5.74, 6) is 0.186. The third-order valence-electron chi connectivity index (χ3n) is 7.72. The molecule has 1 N–H and O–H groups in total. The lowest BCUT2D eigenvalue weighted by atomic mass is 9.74. The molecule has 1 fully saturated rings. The summed E-state index contributed by atoms with van der Waals surface area (Å²) in [5, 5.41) is 11.5. The molecule has 4 rings (SSSR count). The van der Waals surface area contributed by atoms with Crippen LogP contribution in [0.1, 0.15) is 96.8 Å². The first-order valence-electron chi connectivity index (χ1n) is 14.2. The number of benzene rings is 1. The van der Waals surface area contributed by atoms with Crippen molar-refractivity contribution >= 4 is 34.7 Å². The number of ether oxygens (including phenoxy) is 1. The summed E-state index contributed by atoms with van der Waals surface area (Å²) >= 11 is 6.30. The van der Waals surface area contributed by atoms with Crippen molar-refractivity contribution in [3.63, 3.8) is 0 Å². The molecule has 3 heterocycles. The van der Waals surface area contributed by atoms with Gasteiger partial charge in [0.2, 0.25) is 0 Å². The second kappa shape index (κ2) is 10.9. The van der Waals surface area contributed by atoms with Crippen molar-refractivity contribution < 1.29 is 19.4 Å². The molecule has 2 aromatic heterocycles. The zero-order valence-corrected chi connectivity index (χ0v) is 26.3. The number of amides is 1. The van der Waals surface area contributed by atoms with E-state index in [-0.39, 0.29) is 33.9 Å². The Balaban J connectivity index is 1.94. The fourth-order valence-electron chi connectivity index (χ4n) is 6.12. The molecule has 8 nitrogen and oxygen atoms in total. The average Bonchev–Trinajstić information content (AvgIpc) is 3.20. The Hall–Kier alpha value is -3.26. The molecule has 9 heteroatoms. The molecular weight excluding hydrogens is 542 g/mol. The highest BCUT2D eigenvalue weighted by Crippen LogP contribution is 2.47. The molecule has 0 bridgehead atoms. The van der Waals surface area contributed by atoms with Crippen LogP contribution in [0, 0.1) is 0 Å². The zero-order chi connectivity index (χ0) is 30.6. The van der Waals surface area contributed by atoms with Gasteiger partial charge in [0, 0.05) is 37.3 Å². The van der Waals surface area contributed by atoms with Gasteiger partial charge >= 0.3 is 12.2 Å². The van der Waals surface area contributed by atoms with Gasteiger partial charge < -0.3 is 19.3 Å². The number of carbonyl (C=O) groups is 2. The lowest BCUT2D eigenvalue weighted by Crippen LogP contribution is -2.41. The first-order chi connectivity index (χ1) is 18.9. The minimum Gasteiger partial charge on any atom is -0.464 e. The molecule has 0 unspecified atom stereocenters. The van der Waals surface area contributed by atoms with Crippen molar-refractivity contribution in [2.45, 2.75) is 91.1 Å². The smallest absolute Gasteiger partial charge is 0.416 e. The van der Waals surface area contributed by atoms with Crippen molar-refractivity contribution in [1.82, 2.24) is 14.0 Å². The molecule has 0 radical (unpaired) electrons. The summed E-state index contributed by atoms with van der Waals surface area (Å²) in [4.78, 5) is 39.7. The topological polar surface area (TPSA) is 93.8 Å². The Kier molecular flexibility index (Phi) is 8.13. The van der Waals surface area contributed by atoms with Crippen LogP contribution >= 0.6 is 11.6 Å². The molecule has 0 aliphatic carbocycles. The molecular formula is C32H42ClN3O5. The van der Waals surface area contributed by atoms with E-state index in [1.165, 1.54) is 14.7 Å². The molecule has 0 spiro atoms. The van der Waals surface area contributed by atoms with Gasteiger partial charge in [-0.15, -0.1) is 0 Å². The SMILES string of the molecule is CC(C)c1c(-c2cc(Cl)c(=O)n(C)c2)n(C(=O)O)c2ccc(C3CCN(C(=O)OC(C)(C)C)CC3)c(C(C)(C)C)c12. The molecule has 1 aliphatic rings. The predicted molar refractivity (Wildman–Crippen MR) is 164 cm³/mol. The highest BCUT2D eigenvalue weighted by Gasteiger charge is 2.35. The molecule has 222 valence electrons. The van der Waals surface area contributed by atoms with E-state index in [1.54, 1.807) is 24.2 Å². The maximum atomic E-state index is 12.8. The number of likely N-dealkylation sites (tertiary alicyclic amines) is 1. The van der Waals surface area contributed by atoms with Gasteiger partial charge in [-0.05, 0) is 79.7 Å². The van der Waals surface area contributed by atoms with Crippen LogP contribution in [0.25, 0.3) is 22.2 Å². The van der Waals surface area contributed by atoms with E-state index in [0.29, 0.717) is 29.9 Å². The number of piperidine rings is 1. The molecule has 0 atom stereocenters. The number of pyridine rings is 1. The lowest BCUT2D eigenvalue weighted by molar-refractivity contribution is 0.0204. The Morgan fingerprint density at radius 1 is 1.07 bits per heavy atom. The second-order valence-electron chi connectivity index (χ2n) is 13.4. The average molecular weight is 584 g/mol. The predicted octanol–water partition coefficient (Wildman–Crippen LogP) is 7.72. The van der Waals surface area contributed by atoms with Gasteiger partial charge in [-0.2, -0.15) is 0 Å². The minimum absolute atomic E-state index is 0.0190. The van der Waals surface area contributed by atoms with Gasteiger partial charge in [-0.25, -0.2) is 14.2 Å². The van der Waals surface area contributed by atoms with Crippen LogP contribution in [0.3, 0.4) is 0 Å². The number of rotatable bonds is 3. The number of aryl methyl sites for hydroxylation is 1. The van der Waals surface area contributed by atoms with E-state index in [2.05, 4.69) is 40.7 Å². The lowest BCUT2D eigenvalue weighted by Gasteiger charge is -2.36. The molecule has 1 aliphatic heterocycles. The van der Waals surface area contributed by atoms with Gasteiger partial charge in [0.25, 0.3) is 5.56 Å². The molecule has 0 saturated carbocycles. The fourth-order valence-corrected chi connectivity index (χ4v) is 6.37. The number of hydrogen-bond donors (Lipinski definition) is 1. The largest absolute Gasteiger partial charge is 0.464 e. The standard InChI is InChI=1S/C32H42ClN3O5/c1-18(2)24-25-23(36(29(38)39)27(24)20-16-22(33)28(37)34(9)17-20)11-10-21(26(25)31(3,4)5)19-12-14-35(15-13-19)30(40)41-32(6,7)8/h10-11,16-19H,12-15H2,1-9H3,(H,38,39). The Morgan fingerprint density at radius 3 is 2.17 bits per heavy atom. The van der Waals surface area contributed by atoms with E-state index in [9.17, 15) is 19.5 Å². The van der Waals surface area contributed by atoms with Crippen LogP contribution in [0.2, 0.25) is 5.02 Å². The third kappa shape index (κ3) is 5.89. The quantitative estimate of drug-likeness (QED) is 0.340. The monoisotopic (exact) mass is 583 g/mol. The minimum atomic E-state index is -1.10. The maximum absolute atomic E-state index is 12.8. The summed E-state index contributed by atoms with van der Waals surface area (Å²) in [6, 6.07) is 5.54. The summed E-state index contributed by atoms with van der Waals surface area (Å²) in [6.45, 7) is 17.4. The highest BCUT2D eigenvalue weighted by atomic mass is 35.5. The number of hydrogen-bond acceptors (Lipinski definition) is 4. The molecule has 1 aromatic carbocycles. The molecule has 3 aromatic rings. The first kappa shape index (κ1) is 30.7. The van der Waals surface area contributed by atoms with Crippen molar-refractivity contribution in [3.8, 4) is 11.3 Å². The molecule has 1 saturated heterocycles. The molecule has 41 heavy (non-hydrogen) atoms. The number of aromatic nitrogens is 2. The Labute approximate surface area is 246 Å². The van der Waals surface area contributed by atoms with Gasteiger partial charge in [-0.3, -0.25) is 4.79 Å². The normalized spacial score (nSPS) is 15.1. The summed E-state index contributed by atoms with van der Waals surface area (Å²) in [7, 11) is 1.61. The summed E-state index contributed by atoms with van der Waals surface area (Å²) in [6.07, 6.45) is 1.84. The van der Waals surface area contributed by atoms with Gasteiger partial charge in [0.1, 0.15) is 10.6 Å². The fraction of sp³-hybridized carbons (Fsp3) is 0.531. The van der Waals surface area contributed by atoms with Crippen LogP contribution < -0.4 is 5.56 Å². The van der Waals surface area contributed by atoms with Gasteiger partial charge in [0.05, 0.1) is 11.2 Å².